The van der Waals surface area contributed by atoms with Crippen LogP contribution in [-0.2, 0) is 26.1 Å². The number of nitrogens with one attached hydrogen (secondary N) is 1. The van der Waals surface area contributed by atoms with Crippen LogP contribution in [0.4, 0.5) is 19.0 Å². The SMILES string of the molecule is O=C1NCCN(c2nc(-c3cc(F)c(Cl)cc3F)nc3c2CS(=O)(=O)C3)CC1F. The first kappa shape index (κ1) is 19.9. The molecule has 12 heteroatoms. The Morgan fingerprint density at radius 1 is 1.17 bits per heavy atom. The Balaban J connectivity index is 1.87. The average Bonchev–Trinajstić information content (AvgIpc) is 2.86. The van der Waals surface area contributed by atoms with Gasteiger partial charge in [0.25, 0.3) is 5.91 Å². The van der Waals surface area contributed by atoms with E-state index in [-0.39, 0.29) is 53.9 Å². The molecule has 154 valence electrons. The summed E-state index contributed by atoms with van der Waals surface area (Å²) in [6.07, 6.45) is -1.85. The molecule has 29 heavy (non-hydrogen) atoms. The van der Waals surface area contributed by atoms with Gasteiger partial charge in [-0.2, -0.15) is 0 Å². The molecule has 0 radical (unpaired) electrons. The number of alkyl halides is 1. The summed E-state index contributed by atoms with van der Waals surface area (Å²) in [6.45, 7) is -0.0805. The van der Waals surface area contributed by atoms with Crippen molar-refractivity contribution in [1.82, 2.24) is 15.3 Å². The summed E-state index contributed by atoms with van der Waals surface area (Å²) in [5.41, 5.74) is 0.102. The second kappa shape index (κ2) is 7.13. The van der Waals surface area contributed by atoms with Gasteiger partial charge < -0.3 is 10.2 Å². The number of halogens is 4. The lowest BCUT2D eigenvalue weighted by Crippen LogP contribution is -2.34. The molecule has 0 aliphatic carbocycles. The Labute approximate surface area is 168 Å². The lowest BCUT2D eigenvalue weighted by atomic mass is 10.1. The van der Waals surface area contributed by atoms with Crippen molar-refractivity contribution in [3.8, 4) is 11.4 Å². The van der Waals surface area contributed by atoms with Crippen molar-refractivity contribution in [1.29, 1.82) is 0 Å². The fourth-order valence-electron chi connectivity index (χ4n) is 3.32. The molecule has 1 aromatic carbocycles. The second-order valence-corrected chi connectivity index (χ2v) is 9.25. The quantitative estimate of drug-likeness (QED) is 0.707. The van der Waals surface area contributed by atoms with Gasteiger partial charge in [-0.05, 0) is 12.1 Å². The molecule has 1 aromatic heterocycles. The van der Waals surface area contributed by atoms with E-state index >= 15 is 0 Å². The van der Waals surface area contributed by atoms with Gasteiger partial charge in [-0.25, -0.2) is 31.6 Å². The molecule has 1 saturated heterocycles. The van der Waals surface area contributed by atoms with Crippen molar-refractivity contribution >= 4 is 33.2 Å². The minimum atomic E-state index is -3.52. The lowest BCUT2D eigenvalue weighted by molar-refractivity contribution is -0.125. The third-order valence-corrected chi connectivity index (χ3v) is 6.42. The number of sulfone groups is 1. The molecule has 0 bridgehead atoms. The van der Waals surface area contributed by atoms with E-state index in [2.05, 4.69) is 15.3 Å². The summed E-state index contributed by atoms with van der Waals surface area (Å²) >= 11 is 5.58. The van der Waals surface area contributed by atoms with Crippen molar-refractivity contribution in [2.45, 2.75) is 17.7 Å². The molecule has 1 N–H and O–H groups in total. The summed E-state index contributed by atoms with van der Waals surface area (Å²) in [5.74, 6) is -3.48. The molecular formula is C17H14ClF3N4O3S. The Kier molecular flexibility index (Phi) is 4.89. The molecule has 0 saturated carbocycles. The van der Waals surface area contributed by atoms with Gasteiger partial charge in [0.1, 0.15) is 17.5 Å². The number of carbonyl (C=O) groups is 1. The van der Waals surface area contributed by atoms with E-state index in [1.54, 1.807) is 0 Å². The Bertz CT molecular complexity index is 1130. The summed E-state index contributed by atoms with van der Waals surface area (Å²) in [4.78, 5) is 21.4. The molecule has 1 amide bonds. The monoisotopic (exact) mass is 446 g/mol. The maximum Gasteiger partial charge on any atom is 0.256 e. The summed E-state index contributed by atoms with van der Waals surface area (Å²) in [6, 6.07) is 1.59. The molecule has 2 aliphatic heterocycles. The highest BCUT2D eigenvalue weighted by Crippen LogP contribution is 2.35. The van der Waals surface area contributed by atoms with Crippen LogP contribution in [-0.4, -0.2) is 50.1 Å². The van der Waals surface area contributed by atoms with Gasteiger partial charge in [0, 0.05) is 18.7 Å². The van der Waals surface area contributed by atoms with Gasteiger partial charge in [0.15, 0.2) is 21.8 Å². The zero-order valence-electron chi connectivity index (χ0n) is 14.8. The molecule has 1 atom stereocenters. The van der Waals surface area contributed by atoms with E-state index in [0.29, 0.717) is 0 Å². The number of carbonyl (C=O) groups excluding carboxylic acids is 1. The van der Waals surface area contributed by atoms with Crippen LogP contribution in [0.3, 0.4) is 0 Å². The molecule has 3 heterocycles. The van der Waals surface area contributed by atoms with Gasteiger partial charge in [0.2, 0.25) is 0 Å². The number of anilines is 1. The standard InChI is InChI=1S/C17H14ClF3N4O3S/c18-10-4-11(19)8(3-12(10)20)15-23-14-7-29(27,28)6-9(14)16(24-15)25-2-1-22-17(26)13(21)5-25/h3-4,13H,1-2,5-7H2,(H,22,26). The van der Waals surface area contributed by atoms with Crippen molar-refractivity contribution in [3.05, 3.63) is 40.0 Å². The number of hydrogen-bond donors (Lipinski definition) is 1. The number of hydrogen-bond acceptors (Lipinski definition) is 6. The fraction of sp³-hybridized carbons (Fsp3) is 0.353. The van der Waals surface area contributed by atoms with Crippen LogP contribution in [0.2, 0.25) is 5.02 Å². The number of nitrogens with zero attached hydrogens (tertiary/aromatic N) is 3. The number of fused-ring (bicyclic) bond motifs is 1. The predicted molar refractivity (Wildman–Crippen MR) is 98.8 cm³/mol. The van der Waals surface area contributed by atoms with Crippen LogP contribution in [0.15, 0.2) is 12.1 Å². The molecule has 4 rings (SSSR count). The van der Waals surface area contributed by atoms with Crippen LogP contribution in [0.5, 0.6) is 0 Å². The Hall–Kier alpha value is -2.40. The van der Waals surface area contributed by atoms with Gasteiger partial charge >= 0.3 is 0 Å². The van der Waals surface area contributed by atoms with Crippen LogP contribution >= 0.6 is 11.6 Å². The van der Waals surface area contributed by atoms with Gasteiger partial charge in [-0.1, -0.05) is 11.6 Å². The largest absolute Gasteiger partial charge is 0.352 e. The molecule has 1 fully saturated rings. The second-order valence-electron chi connectivity index (χ2n) is 6.78. The molecule has 0 spiro atoms. The topological polar surface area (TPSA) is 92.3 Å². The van der Waals surface area contributed by atoms with E-state index in [4.69, 9.17) is 11.6 Å². The van der Waals surface area contributed by atoms with Crippen molar-refractivity contribution in [2.24, 2.45) is 0 Å². The smallest absolute Gasteiger partial charge is 0.256 e. The third kappa shape index (κ3) is 3.76. The highest BCUT2D eigenvalue weighted by Gasteiger charge is 2.34. The zero-order chi connectivity index (χ0) is 20.9. The first-order valence-electron chi connectivity index (χ1n) is 8.56. The van der Waals surface area contributed by atoms with Gasteiger partial charge in [0.05, 0.1) is 34.3 Å². The van der Waals surface area contributed by atoms with Crippen LogP contribution < -0.4 is 10.2 Å². The van der Waals surface area contributed by atoms with E-state index < -0.39 is 44.3 Å². The first-order valence-corrected chi connectivity index (χ1v) is 10.8. The average molecular weight is 447 g/mol. The normalized spacial score (nSPS) is 20.9. The minimum absolute atomic E-state index is 0.0833. The highest BCUT2D eigenvalue weighted by molar-refractivity contribution is 7.90. The number of aromatic nitrogens is 2. The Morgan fingerprint density at radius 3 is 2.69 bits per heavy atom. The highest BCUT2D eigenvalue weighted by atomic mass is 35.5. The summed E-state index contributed by atoms with van der Waals surface area (Å²) in [7, 11) is -3.52. The molecule has 2 aliphatic rings. The number of benzene rings is 1. The minimum Gasteiger partial charge on any atom is -0.352 e. The predicted octanol–water partition coefficient (Wildman–Crippen LogP) is 1.78. The van der Waals surface area contributed by atoms with Crippen LogP contribution in [0, 0.1) is 11.6 Å². The number of amides is 1. The molecular weight excluding hydrogens is 433 g/mol. The molecule has 2 aromatic rings. The van der Waals surface area contributed by atoms with Gasteiger partial charge in [-0.15, -0.1) is 0 Å². The third-order valence-electron chi connectivity index (χ3n) is 4.69. The van der Waals surface area contributed by atoms with E-state index in [1.165, 1.54) is 4.90 Å². The van der Waals surface area contributed by atoms with E-state index in [0.717, 1.165) is 12.1 Å². The van der Waals surface area contributed by atoms with Crippen LogP contribution in [0.1, 0.15) is 11.3 Å². The van der Waals surface area contributed by atoms with Crippen molar-refractivity contribution in [3.63, 3.8) is 0 Å². The lowest BCUT2D eigenvalue weighted by Gasteiger charge is -2.24. The summed E-state index contributed by atoms with van der Waals surface area (Å²) < 4.78 is 66.7. The number of rotatable bonds is 2. The first-order chi connectivity index (χ1) is 13.6. The fourth-order valence-corrected chi connectivity index (χ4v) is 4.97. The van der Waals surface area contributed by atoms with Gasteiger partial charge in [-0.3, -0.25) is 4.79 Å². The maximum absolute atomic E-state index is 14.4. The maximum atomic E-state index is 14.4. The zero-order valence-corrected chi connectivity index (χ0v) is 16.3. The molecule has 1 unspecified atom stereocenters. The van der Waals surface area contributed by atoms with E-state index in [1.807, 2.05) is 0 Å². The van der Waals surface area contributed by atoms with E-state index in [9.17, 15) is 26.4 Å². The van der Waals surface area contributed by atoms with Crippen LogP contribution in [0.25, 0.3) is 11.4 Å². The Morgan fingerprint density at radius 2 is 1.93 bits per heavy atom. The summed E-state index contributed by atoms with van der Waals surface area (Å²) in [5, 5.41) is 1.98. The molecule has 7 nitrogen and oxygen atoms in total. The van der Waals surface area contributed by atoms with Crippen molar-refractivity contribution in [2.75, 3.05) is 24.5 Å². The van der Waals surface area contributed by atoms with Crippen molar-refractivity contribution < 1.29 is 26.4 Å².